The van der Waals surface area contributed by atoms with Gasteiger partial charge in [0.2, 0.25) is 5.95 Å². The first-order valence-electron chi connectivity index (χ1n) is 5.02. The van der Waals surface area contributed by atoms with Crippen LogP contribution in [0.4, 0.5) is 11.8 Å². The predicted octanol–water partition coefficient (Wildman–Crippen LogP) is 1.49. The summed E-state index contributed by atoms with van der Waals surface area (Å²) in [6.07, 6.45) is 0. The van der Waals surface area contributed by atoms with E-state index < -0.39 is 0 Å². The van der Waals surface area contributed by atoms with E-state index in [0.717, 1.165) is 11.1 Å². The number of rotatable bonds is 1. The maximum atomic E-state index is 9.09. The summed E-state index contributed by atoms with van der Waals surface area (Å²) in [6.45, 7) is 1.94. The Morgan fingerprint density at radius 2 is 1.88 bits per heavy atom. The summed E-state index contributed by atoms with van der Waals surface area (Å²) < 4.78 is 0. The molecule has 0 saturated carbocycles. The number of nitrogen functional groups attached to an aromatic ring is 2. The van der Waals surface area contributed by atoms with Crippen LogP contribution in [0, 0.1) is 18.3 Å². The molecule has 0 unspecified atom stereocenters. The third-order valence-electron chi connectivity index (χ3n) is 2.47. The van der Waals surface area contributed by atoms with Gasteiger partial charge in [-0.15, -0.1) is 0 Å². The summed E-state index contributed by atoms with van der Waals surface area (Å²) in [5, 5.41) is 9.09. The molecular weight excluding hydrogens is 214 g/mol. The fourth-order valence-electron chi connectivity index (χ4n) is 1.64. The van der Waals surface area contributed by atoms with Gasteiger partial charge in [0.1, 0.15) is 17.5 Å². The lowest BCUT2D eigenvalue weighted by molar-refractivity contribution is 1.18. The fourth-order valence-corrected chi connectivity index (χ4v) is 1.64. The van der Waals surface area contributed by atoms with Crippen molar-refractivity contribution in [2.75, 3.05) is 11.5 Å². The van der Waals surface area contributed by atoms with E-state index in [1.54, 1.807) is 0 Å². The minimum absolute atomic E-state index is 0.0692. The van der Waals surface area contributed by atoms with E-state index in [1.807, 2.05) is 37.3 Å². The van der Waals surface area contributed by atoms with Gasteiger partial charge in [-0.05, 0) is 12.5 Å². The standard InChI is InChI=1S/C12H11N5/c1-7-4-2-3-5-8(7)10-9(6-13)11(14)17-12(15)16-10/h2-5H,1H3,(H4,14,15,16,17). The Kier molecular flexibility index (Phi) is 2.63. The summed E-state index contributed by atoms with van der Waals surface area (Å²) >= 11 is 0. The molecule has 1 aromatic heterocycles. The minimum Gasteiger partial charge on any atom is -0.382 e. The Labute approximate surface area is 98.7 Å². The first kappa shape index (κ1) is 10.9. The van der Waals surface area contributed by atoms with Gasteiger partial charge in [-0.1, -0.05) is 24.3 Å². The van der Waals surface area contributed by atoms with Gasteiger partial charge >= 0.3 is 0 Å². The molecule has 2 rings (SSSR count). The number of nitrogens with two attached hydrogens (primary N) is 2. The van der Waals surface area contributed by atoms with Crippen LogP contribution in [0.3, 0.4) is 0 Å². The molecule has 0 amide bonds. The van der Waals surface area contributed by atoms with Crippen LogP contribution < -0.4 is 11.5 Å². The smallest absolute Gasteiger partial charge is 0.222 e. The molecule has 0 atom stereocenters. The van der Waals surface area contributed by atoms with E-state index in [0.29, 0.717) is 5.69 Å². The van der Waals surface area contributed by atoms with E-state index in [1.165, 1.54) is 0 Å². The van der Waals surface area contributed by atoms with Crippen molar-refractivity contribution in [2.45, 2.75) is 6.92 Å². The molecule has 0 radical (unpaired) electrons. The van der Waals surface area contributed by atoms with Crippen LogP contribution in [0.5, 0.6) is 0 Å². The topological polar surface area (TPSA) is 102 Å². The summed E-state index contributed by atoms with van der Waals surface area (Å²) in [6, 6.07) is 9.61. The number of hydrogen-bond acceptors (Lipinski definition) is 5. The van der Waals surface area contributed by atoms with Crippen molar-refractivity contribution in [1.82, 2.24) is 9.97 Å². The average Bonchev–Trinajstić information content (AvgIpc) is 2.28. The highest BCUT2D eigenvalue weighted by molar-refractivity contribution is 5.74. The molecule has 0 aliphatic rings. The van der Waals surface area contributed by atoms with Crippen molar-refractivity contribution in [1.29, 1.82) is 5.26 Å². The van der Waals surface area contributed by atoms with Crippen LogP contribution in [0.25, 0.3) is 11.3 Å². The molecular formula is C12H11N5. The number of nitriles is 1. The Bertz CT molecular complexity index is 613. The molecule has 4 N–H and O–H groups in total. The summed E-state index contributed by atoms with van der Waals surface area (Å²) in [4.78, 5) is 7.88. The lowest BCUT2D eigenvalue weighted by Crippen LogP contribution is -2.05. The van der Waals surface area contributed by atoms with Gasteiger partial charge < -0.3 is 11.5 Å². The van der Waals surface area contributed by atoms with Crippen LogP contribution in [-0.4, -0.2) is 9.97 Å². The van der Waals surface area contributed by atoms with Crippen LogP contribution in [0.2, 0.25) is 0 Å². The lowest BCUT2D eigenvalue weighted by Gasteiger charge is -2.08. The third-order valence-corrected chi connectivity index (χ3v) is 2.47. The molecule has 1 aromatic carbocycles. The molecule has 0 saturated heterocycles. The summed E-state index contributed by atoms with van der Waals surface area (Å²) in [7, 11) is 0. The van der Waals surface area contributed by atoms with E-state index in [9.17, 15) is 0 Å². The van der Waals surface area contributed by atoms with E-state index in [2.05, 4.69) is 9.97 Å². The molecule has 1 heterocycles. The van der Waals surface area contributed by atoms with Crippen LogP contribution >= 0.6 is 0 Å². The Morgan fingerprint density at radius 3 is 2.53 bits per heavy atom. The van der Waals surface area contributed by atoms with E-state index in [4.69, 9.17) is 16.7 Å². The second kappa shape index (κ2) is 4.10. The van der Waals surface area contributed by atoms with Gasteiger partial charge in [-0.2, -0.15) is 10.2 Å². The Morgan fingerprint density at radius 1 is 1.18 bits per heavy atom. The first-order chi connectivity index (χ1) is 8.13. The second-order valence-electron chi connectivity index (χ2n) is 3.62. The van der Waals surface area contributed by atoms with Gasteiger partial charge in [0, 0.05) is 5.56 Å². The van der Waals surface area contributed by atoms with E-state index in [-0.39, 0.29) is 17.3 Å². The molecule has 2 aromatic rings. The molecule has 0 aliphatic heterocycles. The fraction of sp³-hybridized carbons (Fsp3) is 0.0833. The van der Waals surface area contributed by atoms with Crippen molar-refractivity contribution >= 4 is 11.8 Å². The SMILES string of the molecule is Cc1ccccc1-c1nc(N)nc(N)c1C#N. The van der Waals surface area contributed by atoms with Gasteiger partial charge in [-0.25, -0.2) is 4.98 Å². The number of nitrogens with zero attached hydrogens (tertiary/aromatic N) is 3. The van der Waals surface area contributed by atoms with Gasteiger partial charge in [0.25, 0.3) is 0 Å². The first-order valence-corrected chi connectivity index (χ1v) is 5.02. The van der Waals surface area contributed by atoms with Gasteiger partial charge in [0.15, 0.2) is 0 Å². The van der Waals surface area contributed by atoms with Crippen molar-refractivity contribution in [3.05, 3.63) is 35.4 Å². The highest BCUT2D eigenvalue weighted by atomic mass is 15.0. The average molecular weight is 225 g/mol. The zero-order valence-electron chi connectivity index (χ0n) is 9.31. The third kappa shape index (κ3) is 1.88. The number of aromatic nitrogens is 2. The second-order valence-corrected chi connectivity index (χ2v) is 3.62. The highest BCUT2D eigenvalue weighted by Crippen LogP contribution is 2.27. The molecule has 84 valence electrons. The molecule has 17 heavy (non-hydrogen) atoms. The zero-order valence-corrected chi connectivity index (χ0v) is 9.31. The normalized spacial score (nSPS) is 9.88. The van der Waals surface area contributed by atoms with Gasteiger partial charge in [0.05, 0.1) is 5.69 Å². The van der Waals surface area contributed by atoms with E-state index >= 15 is 0 Å². The maximum absolute atomic E-state index is 9.09. The molecule has 0 spiro atoms. The molecule has 0 bridgehead atoms. The lowest BCUT2D eigenvalue weighted by atomic mass is 10.0. The van der Waals surface area contributed by atoms with Crippen molar-refractivity contribution in [3.8, 4) is 17.3 Å². The monoisotopic (exact) mass is 225 g/mol. The number of hydrogen-bond donors (Lipinski definition) is 2. The molecule has 5 nitrogen and oxygen atoms in total. The minimum atomic E-state index is 0.0692. The molecule has 0 aliphatic carbocycles. The summed E-state index contributed by atoms with van der Waals surface area (Å²) in [5.74, 6) is 0.179. The Hall–Kier alpha value is -2.61. The van der Waals surface area contributed by atoms with Crippen molar-refractivity contribution in [2.24, 2.45) is 0 Å². The predicted molar refractivity (Wildman–Crippen MR) is 65.7 cm³/mol. The molecule has 5 heteroatoms. The number of anilines is 2. The van der Waals surface area contributed by atoms with Crippen LogP contribution in [-0.2, 0) is 0 Å². The Balaban J connectivity index is 2.76. The van der Waals surface area contributed by atoms with Crippen LogP contribution in [0.15, 0.2) is 24.3 Å². The molecule has 0 fully saturated rings. The van der Waals surface area contributed by atoms with Gasteiger partial charge in [-0.3, -0.25) is 0 Å². The highest BCUT2D eigenvalue weighted by Gasteiger charge is 2.14. The number of benzene rings is 1. The maximum Gasteiger partial charge on any atom is 0.222 e. The zero-order chi connectivity index (χ0) is 12.4. The quantitative estimate of drug-likeness (QED) is 0.765. The van der Waals surface area contributed by atoms with Crippen molar-refractivity contribution in [3.63, 3.8) is 0 Å². The van der Waals surface area contributed by atoms with Crippen LogP contribution in [0.1, 0.15) is 11.1 Å². The number of aryl methyl sites for hydroxylation is 1. The van der Waals surface area contributed by atoms with Crippen molar-refractivity contribution < 1.29 is 0 Å². The largest absolute Gasteiger partial charge is 0.382 e. The summed E-state index contributed by atoms with van der Waals surface area (Å²) in [5.41, 5.74) is 13.8.